The van der Waals surface area contributed by atoms with E-state index in [9.17, 15) is 8.42 Å². The maximum atomic E-state index is 11.4. The number of thioether (sulfide) groups is 1. The lowest BCUT2D eigenvalue weighted by Gasteiger charge is -2.38. The SMILES string of the molecule is O=S1(=O)CCC(CNC2=NCC3(CCCCC3)CS2)C1. The molecule has 6 heteroatoms. The van der Waals surface area contributed by atoms with Gasteiger partial charge in [-0.05, 0) is 30.6 Å². The Morgan fingerprint density at radius 2 is 2.10 bits per heavy atom. The van der Waals surface area contributed by atoms with Crippen LogP contribution in [0, 0.1) is 11.3 Å². The topological polar surface area (TPSA) is 58.5 Å². The number of nitrogens with one attached hydrogen (secondary N) is 1. The van der Waals surface area contributed by atoms with Crippen molar-refractivity contribution in [2.45, 2.75) is 38.5 Å². The summed E-state index contributed by atoms with van der Waals surface area (Å²) in [6, 6.07) is 0. The second-order valence-corrected chi connectivity index (χ2v) is 9.81. The number of amidine groups is 1. The molecular formula is C14H24N2O2S2. The Bertz CT molecular complexity index is 481. The zero-order chi connectivity index (χ0) is 14.1. The third-order valence-corrected chi connectivity index (χ3v) is 8.00. The van der Waals surface area contributed by atoms with Crippen LogP contribution in [0.5, 0.6) is 0 Å². The van der Waals surface area contributed by atoms with Crippen molar-refractivity contribution in [3.8, 4) is 0 Å². The fourth-order valence-corrected chi connectivity index (χ4v) is 6.55. The van der Waals surface area contributed by atoms with Gasteiger partial charge in [-0.3, -0.25) is 4.99 Å². The summed E-state index contributed by atoms with van der Waals surface area (Å²) in [6.45, 7) is 1.73. The number of rotatable bonds is 2. The Hall–Kier alpha value is -0.230. The lowest BCUT2D eigenvalue weighted by Crippen LogP contribution is -2.38. The highest BCUT2D eigenvalue weighted by Gasteiger charge is 2.35. The molecule has 0 bridgehead atoms. The molecule has 1 saturated carbocycles. The average Bonchev–Trinajstić information content (AvgIpc) is 2.79. The molecule has 4 nitrogen and oxygen atoms in total. The van der Waals surface area contributed by atoms with Gasteiger partial charge in [-0.25, -0.2) is 8.42 Å². The van der Waals surface area contributed by atoms with Gasteiger partial charge in [0.25, 0.3) is 0 Å². The van der Waals surface area contributed by atoms with Crippen molar-refractivity contribution >= 4 is 26.8 Å². The molecule has 0 aromatic carbocycles. The summed E-state index contributed by atoms with van der Waals surface area (Å²) in [5, 5.41) is 4.40. The van der Waals surface area contributed by atoms with Gasteiger partial charge in [0.05, 0.1) is 11.5 Å². The number of hydrogen-bond acceptors (Lipinski definition) is 5. The van der Waals surface area contributed by atoms with Gasteiger partial charge in [-0.15, -0.1) is 0 Å². The lowest BCUT2D eigenvalue weighted by atomic mass is 9.75. The highest BCUT2D eigenvalue weighted by Crippen LogP contribution is 2.41. The van der Waals surface area contributed by atoms with E-state index in [2.05, 4.69) is 5.32 Å². The molecule has 1 N–H and O–H groups in total. The number of nitrogens with zero attached hydrogens (tertiary/aromatic N) is 1. The highest BCUT2D eigenvalue weighted by atomic mass is 32.2. The van der Waals surface area contributed by atoms with Gasteiger partial charge in [0, 0.05) is 18.8 Å². The fraction of sp³-hybridized carbons (Fsp3) is 0.929. The molecule has 0 radical (unpaired) electrons. The van der Waals surface area contributed by atoms with Crippen LogP contribution in [0.3, 0.4) is 0 Å². The van der Waals surface area contributed by atoms with E-state index >= 15 is 0 Å². The van der Waals surface area contributed by atoms with Crippen LogP contribution in [0.15, 0.2) is 4.99 Å². The maximum absolute atomic E-state index is 11.4. The first kappa shape index (κ1) is 14.7. The van der Waals surface area contributed by atoms with Crippen LogP contribution in [0.25, 0.3) is 0 Å². The van der Waals surface area contributed by atoms with Crippen LogP contribution in [0.2, 0.25) is 0 Å². The van der Waals surface area contributed by atoms with Crippen LogP contribution in [-0.2, 0) is 9.84 Å². The van der Waals surface area contributed by atoms with Crippen LogP contribution >= 0.6 is 11.8 Å². The van der Waals surface area contributed by atoms with Crippen molar-refractivity contribution in [1.82, 2.24) is 5.32 Å². The van der Waals surface area contributed by atoms with Crippen molar-refractivity contribution in [3.63, 3.8) is 0 Å². The molecule has 2 aliphatic heterocycles. The maximum Gasteiger partial charge on any atom is 0.156 e. The van der Waals surface area contributed by atoms with E-state index < -0.39 is 9.84 Å². The summed E-state index contributed by atoms with van der Waals surface area (Å²) in [7, 11) is -2.76. The van der Waals surface area contributed by atoms with E-state index in [4.69, 9.17) is 4.99 Å². The van der Waals surface area contributed by atoms with E-state index in [1.807, 2.05) is 11.8 Å². The van der Waals surface area contributed by atoms with E-state index in [-0.39, 0.29) is 5.92 Å². The Balaban J connectivity index is 1.48. The standard InChI is InChI=1S/C14H24N2O2S2/c17-20(18)7-4-12(9-20)8-15-13-16-10-14(11-19-13)5-2-1-3-6-14/h12H,1-11H2,(H,15,16). The molecule has 0 amide bonds. The van der Waals surface area contributed by atoms with Crippen LogP contribution in [0.4, 0.5) is 0 Å². The Morgan fingerprint density at radius 1 is 1.30 bits per heavy atom. The molecule has 1 aliphatic carbocycles. The van der Waals surface area contributed by atoms with E-state index in [1.54, 1.807) is 0 Å². The Kier molecular flexibility index (Phi) is 4.32. The molecule has 0 aromatic heterocycles. The minimum atomic E-state index is -2.76. The molecule has 3 aliphatic rings. The van der Waals surface area contributed by atoms with Gasteiger partial charge in [-0.2, -0.15) is 0 Å². The van der Waals surface area contributed by atoms with Crippen molar-refractivity contribution in [3.05, 3.63) is 0 Å². The quantitative estimate of drug-likeness (QED) is 0.847. The summed E-state index contributed by atoms with van der Waals surface area (Å²) < 4.78 is 22.9. The van der Waals surface area contributed by atoms with Gasteiger partial charge in [0.2, 0.25) is 0 Å². The molecule has 1 spiro atoms. The molecular weight excluding hydrogens is 292 g/mol. The van der Waals surface area contributed by atoms with Gasteiger partial charge >= 0.3 is 0 Å². The second-order valence-electron chi connectivity index (χ2n) is 6.62. The lowest BCUT2D eigenvalue weighted by molar-refractivity contribution is 0.232. The van der Waals surface area contributed by atoms with Crippen LogP contribution in [-0.4, -0.2) is 43.9 Å². The molecule has 1 saturated heterocycles. The van der Waals surface area contributed by atoms with Gasteiger partial charge in [-0.1, -0.05) is 31.0 Å². The summed E-state index contributed by atoms with van der Waals surface area (Å²) >= 11 is 1.84. The van der Waals surface area contributed by atoms with Crippen LogP contribution < -0.4 is 5.32 Å². The number of hydrogen-bond donors (Lipinski definition) is 1. The van der Waals surface area contributed by atoms with E-state index in [1.165, 1.54) is 37.9 Å². The first-order valence-electron chi connectivity index (χ1n) is 7.69. The minimum absolute atomic E-state index is 0.272. The predicted octanol–water partition coefficient (Wildman–Crippen LogP) is 2.06. The molecule has 114 valence electrons. The highest BCUT2D eigenvalue weighted by molar-refractivity contribution is 8.13. The zero-order valence-corrected chi connectivity index (χ0v) is 13.6. The summed E-state index contributed by atoms with van der Waals surface area (Å²) in [5.41, 5.74) is 0.463. The minimum Gasteiger partial charge on any atom is -0.365 e. The van der Waals surface area contributed by atoms with Crippen molar-refractivity contribution in [2.24, 2.45) is 16.3 Å². The monoisotopic (exact) mass is 316 g/mol. The first-order chi connectivity index (χ1) is 9.57. The summed E-state index contributed by atoms with van der Waals surface area (Å²) in [6.07, 6.45) is 7.57. The Morgan fingerprint density at radius 3 is 2.70 bits per heavy atom. The smallest absolute Gasteiger partial charge is 0.156 e. The largest absolute Gasteiger partial charge is 0.365 e. The molecule has 2 fully saturated rings. The van der Waals surface area contributed by atoms with Crippen molar-refractivity contribution in [1.29, 1.82) is 0 Å². The predicted molar refractivity (Wildman–Crippen MR) is 85.0 cm³/mol. The second kappa shape index (κ2) is 5.87. The molecule has 20 heavy (non-hydrogen) atoms. The van der Waals surface area contributed by atoms with Crippen molar-refractivity contribution < 1.29 is 8.42 Å². The zero-order valence-electron chi connectivity index (χ0n) is 11.9. The summed E-state index contributed by atoms with van der Waals surface area (Å²) in [4.78, 5) is 4.72. The van der Waals surface area contributed by atoms with Gasteiger partial charge in [0.15, 0.2) is 15.0 Å². The van der Waals surface area contributed by atoms with Gasteiger partial charge < -0.3 is 5.32 Å². The molecule has 1 atom stereocenters. The summed E-state index contributed by atoms with van der Waals surface area (Å²) in [5.74, 6) is 2.17. The number of sulfone groups is 1. The normalized spacial score (nSPS) is 32.0. The molecule has 3 rings (SSSR count). The third kappa shape index (κ3) is 3.50. The number of aliphatic imine (C=N–C) groups is 1. The third-order valence-electron chi connectivity index (χ3n) is 4.86. The Labute approximate surface area is 126 Å². The molecule has 2 heterocycles. The fourth-order valence-electron chi connectivity index (χ4n) is 3.53. The van der Waals surface area contributed by atoms with Crippen LogP contribution in [0.1, 0.15) is 38.5 Å². The van der Waals surface area contributed by atoms with Crippen molar-refractivity contribution in [2.75, 3.05) is 30.3 Å². The van der Waals surface area contributed by atoms with E-state index in [0.717, 1.165) is 24.7 Å². The molecule has 0 aromatic rings. The van der Waals surface area contributed by atoms with Gasteiger partial charge in [0.1, 0.15) is 0 Å². The van der Waals surface area contributed by atoms with E-state index in [0.29, 0.717) is 16.9 Å². The molecule has 1 unspecified atom stereocenters. The first-order valence-corrected chi connectivity index (χ1v) is 10.5. The average molecular weight is 316 g/mol.